The summed E-state index contributed by atoms with van der Waals surface area (Å²) in [6.45, 7) is 5.98. The zero-order chi connectivity index (χ0) is 29.8. The molecule has 1 N–H and O–H groups in total. The summed E-state index contributed by atoms with van der Waals surface area (Å²) in [6.07, 6.45) is 2.76. The molecule has 220 valence electrons. The number of carbonyl (C=O) groups excluding carboxylic acids is 2. The van der Waals surface area contributed by atoms with Crippen molar-refractivity contribution < 1.29 is 22.7 Å². The third kappa shape index (κ3) is 9.63. The highest BCUT2D eigenvalue weighted by atomic mass is 32.2. The van der Waals surface area contributed by atoms with Gasteiger partial charge in [0.1, 0.15) is 24.9 Å². The quantitative estimate of drug-likeness (QED) is 0.279. The van der Waals surface area contributed by atoms with E-state index < -0.39 is 28.5 Å². The van der Waals surface area contributed by atoms with Crippen molar-refractivity contribution in [3.8, 4) is 5.75 Å². The molecule has 2 amide bonds. The van der Waals surface area contributed by atoms with Gasteiger partial charge in [-0.15, -0.1) is 0 Å². The minimum atomic E-state index is -3.81. The summed E-state index contributed by atoms with van der Waals surface area (Å²) in [5, 5.41) is 2.98. The number of nitrogens with one attached hydrogen (secondary N) is 1. The molecule has 0 radical (unpaired) electrons. The van der Waals surface area contributed by atoms with Crippen LogP contribution in [-0.2, 0) is 32.6 Å². The Balaban J connectivity index is 1.81. The molecule has 2 atom stereocenters. The Hall–Kier alpha value is -3.85. The van der Waals surface area contributed by atoms with Gasteiger partial charge >= 0.3 is 0 Å². The number of carbonyl (C=O) groups is 2. The fourth-order valence-corrected chi connectivity index (χ4v) is 5.25. The lowest BCUT2D eigenvalue weighted by Gasteiger charge is -2.33. The van der Waals surface area contributed by atoms with Crippen LogP contribution in [0.3, 0.4) is 0 Å². The van der Waals surface area contributed by atoms with Crippen molar-refractivity contribution in [2.24, 2.45) is 0 Å². The second-order valence-corrected chi connectivity index (χ2v) is 12.0. The molecule has 41 heavy (non-hydrogen) atoms. The van der Waals surface area contributed by atoms with Gasteiger partial charge in [0.25, 0.3) is 0 Å². The molecule has 0 heterocycles. The second kappa shape index (κ2) is 15.2. The van der Waals surface area contributed by atoms with Crippen molar-refractivity contribution in [1.29, 1.82) is 0 Å². The Bertz CT molecular complexity index is 1350. The molecule has 0 fully saturated rings. The molecular weight excluding hydrogens is 538 g/mol. The Kier molecular flexibility index (Phi) is 11.8. The molecule has 2 unspecified atom stereocenters. The molecule has 9 heteroatoms. The fraction of sp³-hybridized carbons (Fsp3) is 0.375. The molecule has 0 bridgehead atoms. The Morgan fingerprint density at radius 3 is 1.98 bits per heavy atom. The van der Waals surface area contributed by atoms with Crippen LogP contribution in [0, 0.1) is 0 Å². The Morgan fingerprint density at radius 1 is 0.854 bits per heavy atom. The van der Waals surface area contributed by atoms with Gasteiger partial charge in [-0.05, 0) is 61.6 Å². The van der Waals surface area contributed by atoms with Crippen LogP contribution in [0.5, 0.6) is 5.75 Å². The number of anilines is 1. The van der Waals surface area contributed by atoms with E-state index >= 15 is 0 Å². The lowest BCUT2D eigenvalue weighted by atomic mass is 10.1. The third-order valence-electron chi connectivity index (χ3n) is 6.92. The lowest BCUT2D eigenvalue weighted by molar-refractivity contribution is -0.139. The largest absolute Gasteiger partial charge is 0.489 e. The number of benzene rings is 3. The molecule has 0 aliphatic carbocycles. The van der Waals surface area contributed by atoms with Gasteiger partial charge in [0, 0.05) is 12.6 Å². The first-order chi connectivity index (χ1) is 19.6. The second-order valence-electron chi connectivity index (χ2n) is 10.1. The molecule has 3 aromatic rings. The Labute approximate surface area is 244 Å². The number of rotatable bonds is 15. The number of hydrogen-bond donors (Lipinski definition) is 1. The maximum absolute atomic E-state index is 13.8. The topological polar surface area (TPSA) is 96.0 Å². The first kappa shape index (κ1) is 31.7. The first-order valence-corrected chi connectivity index (χ1v) is 15.9. The third-order valence-corrected chi connectivity index (χ3v) is 8.06. The van der Waals surface area contributed by atoms with Crippen LogP contribution in [0.2, 0.25) is 0 Å². The SMILES string of the molecule is CCC(C)NC(=O)C(CC)N(CCc1ccccc1)C(=O)CN(c1ccc(OCc2ccccc2)cc1)S(C)(=O)=O. The van der Waals surface area contributed by atoms with Crippen LogP contribution in [0.4, 0.5) is 5.69 Å². The van der Waals surface area contributed by atoms with Gasteiger partial charge in [-0.25, -0.2) is 8.42 Å². The van der Waals surface area contributed by atoms with Crippen molar-refractivity contribution in [2.75, 3.05) is 23.7 Å². The van der Waals surface area contributed by atoms with Crippen LogP contribution in [0.1, 0.15) is 44.7 Å². The van der Waals surface area contributed by atoms with Gasteiger partial charge < -0.3 is 15.0 Å². The average Bonchev–Trinajstić information content (AvgIpc) is 2.97. The van der Waals surface area contributed by atoms with Crippen molar-refractivity contribution in [2.45, 2.75) is 58.7 Å². The molecule has 8 nitrogen and oxygen atoms in total. The van der Waals surface area contributed by atoms with Gasteiger partial charge in [0.05, 0.1) is 11.9 Å². The molecule has 3 rings (SSSR count). The van der Waals surface area contributed by atoms with Gasteiger partial charge in [0.2, 0.25) is 21.8 Å². The summed E-state index contributed by atoms with van der Waals surface area (Å²) >= 11 is 0. The van der Waals surface area contributed by atoms with Crippen LogP contribution < -0.4 is 14.4 Å². The predicted molar refractivity (Wildman–Crippen MR) is 163 cm³/mol. The van der Waals surface area contributed by atoms with Gasteiger partial charge in [-0.2, -0.15) is 0 Å². The summed E-state index contributed by atoms with van der Waals surface area (Å²) < 4.78 is 32.6. The van der Waals surface area contributed by atoms with Crippen molar-refractivity contribution in [3.63, 3.8) is 0 Å². The van der Waals surface area contributed by atoms with Crippen LogP contribution in [-0.4, -0.2) is 56.6 Å². The number of ether oxygens (including phenoxy) is 1. The molecule has 0 aliphatic rings. The molecule has 0 aliphatic heterocycles. The summed E-state index contributed by atoms with van der Waals surface area (Å²) in [6, 6.07) is 25.3. The lowest BCUT2D eigenvalue weighted by Crippen LogP contribution is -2.54. The standard InChI is InChI=1S/C32H41N3O5S/c1-5-25(3)33-32(37)30(6-2)34(22-21-26-13-9-7-10-14-26)31(36)23-35(41(4,38)39)28-17-19-29(20-18-28)40-24-27-15-11-8-12-16-27/h7-20,25,30H,5-6,21-24H2,1-4H3,(H,33,37). The number of amides is 2. The van der Waals surface area contributed by atoms with Crippen molar-refractivity contribution in [1.82, 2.24) is 10.2 Å². The number of hydrogen-bond acceptors (Lipinski definition) is 5. The summed E-state index contributed by atoms with van der Waals surface area (Å²) in [7, 11) is -3.81. The summed E-state index contributed by atoms with van der Waals surface area (Å²) in [5.41, 5.74) is 2.37. The maximum Gasteiger partial charge on any atom is 0.244 e. The molecule has 0 saturated carbocycles. The van der Waals surface area contributed by atoms with E-state index in [9.17, 15) is 18.0 Å². The molecule has 3 aromatic carbocycles. The Morgan fingerprint density at radius 2 is 1.44 bits per heavy atom. The van der Waals surface area contributed by atoms with Gasteiger partial charge in [0.15, 0.2) is 0 Å². The fourth-order valence-electron chi connectivity index (χ4n) is 4.40. The molecular formula is C32H41N3O5S. The van der Waals surface area contributed by atoms with E-state index in [2.05, 4.69) is 5.32 Å². The summed E-state index contributed by atoms with van der Waals surface area (Å²) in [4.78, 5) is 28.5. The normalized spacial score (nSPS) is 12.7. The van der Waals surface area contributed by atoms with E-state index in [4.69, 9.17) is 4.74 Å². The maximum atomic E-state index is 13.8. The highest BCUT2D eigenvalue weighted by molar-refractivity contribution is 7.92. The zero-order valence-electron chi connectivity index (χ0n) is 24.3. The van der Waals surface area contributed by atoms with E-state index in [-0.39, 0.29) is 18.5 Å². The minimum Gasteiger partial charge on any atom is -0.489 e. The van der Waals surface area contributed by atoms with Crippen molar-refractivity contribution >= 4 is 27.5 Å². The average molecular weight is 580 g/mol. The zero-order valence-corrected chi connectivity index (χ0v) is 25.1. The highest BCUT2D eigenvalue weighted by Gasteiger charge is 2.31. The minimum absolute atomic E-state index is 0.0437. The molecule has 0 saturated heterocycles. The van der Waals surface area contributed by atoms with E-state index in [0.29, 0.717) is 30.9 Å². The van der Waals surface area contributed by atoms with E-state index in [1.54, 1.807) is 24.3 Å². The van der Waals surface area contributed by atoms with Crippen LogP contribution in [0.15, 0.2) is 84.9 Å². The summed E-state index contributed by atoms with van der Waals surface area (Å²) in [5.74, 6) is -0.106. The first-order valence-electron chi connectivity index (χ1n) is 14.0. The molecule has 0 spiro atoms. The van der Waals surface area contributed by atoms with Crippen molar-refractivity contribution in [3.05, 3.63) is 96.1 Å². The van der Waals surface area contributed by atoms with Gasteiger partial charge in [-0.3, -0.25) is 13.9 Å². The monoisotopic (exact) mass is 579 g/mol. The van der Waals surface area contributed by atoms with Gasteiger partial charge in [-0.1, -0.05) is 74.5 Å². The van der Waals surface area contributed by atoms with E-state index in [0.717, 1.165) is 28.1 Å². The smallest absolute Gasteiger partial charge is 0.244 e. The van der Waals surface area contributed by atoms with Crippen LogP contribution >= 0.6 is 0 Å². The van der Waals surface area contributed by atoms with Crippen LogP contribution in [0.25, 0.3) is 0 Å². The predicted octanol–water partition coefficient (Wildman–Crippen LogP) is 4.80. The highest BCUT2D eigenvalue weighted by Crippen LogP contribution is 2.23. The van der Waals surface area contributed by atoms with E-state index in [1.165, 1.54) is 4.90 Å². The van der Waals surface area contributed by atoms with E-state index in [1.807, 2.05) is 81.4 Å². The number of sulfonamides is 1. The number of nitrogens with zero attached hydrogens (tertiary/aromatic N) is 2. The molecule has 0 aromatic heterocycles.